The number of nitrogens with one attached hydrogen (secondary N) is 1. The maximum Gasteiger partial charge on any atom is 0.223 e. The summed E-state index contributed by atoms with van der Waals surface area (Å²) in [4.78, 5) is 22.4. The fourth-order valence-electron chi connectivity index (χ4n) is 4.49. The third kappa shape index (κ3) is 1.16. The lowest BCUT2D eigenvalue weighted by Crippen LogP contribution is -2.61. The second-order valence-corrected chi connectivity index (χ2v) is 5.93. The van der Waals surface area contributed by atoms with Crippen molar-refractivity contribution in [3.8, 4) is 0 Å². The fraction of sp³-hybridized carbons (Fsp3) is 0.714. The number of hydrogen-bond acceptors (Lipinski definition) is 2. The molecule has 0 aromatic carbocycles. The van der Waals surface area contributed by atoms with Crippen molar-refractivity contribution in [3.05, 3.63) is 17.7 Å². The minimum Gasteiger partial charge on any atom is -0.348 e. The van der Waals surface area contributed by atoms with Crippen molar-refractivity contribution >= 4 is 5.91 Å². The van der Waals surface area contributed by atoms with Gasteiger partial charge >= 0.3 is 0 Å². The molecule has 0 radical (unpaired) electrons. The summed E-state index contributed by atoms with van der Waals surface area (Å²) in [5.41, 5.74) is 2.40. The number of aromatic amines is 1. The Morgan fingerprint density at radius 1 is 1.33 bits per heavy atom. The number of amides is 1. The molecule has 96 valence electrons. The number of piperidine rings is 1. The molecule has 4 nitrogen and oxygen atoms in total. The summed E-state index contributed by atoms with van der Waals surface area (Å²) in [5.74, 6) is 0.980. The zero-order valence-corrected chi connectivity index (χ0v) is 10.6. The summed E-state index contributed by atoms with van der Waals surface area (Å²) in [5, 5.41) is 0. The number of imidazole rings is 1. The van der Waals surface area contributed by atoms with E-state index in [0.717, 1.165) is 32.2 Å². The van der Waals surface area contributed by atoms with Crippen molar-refractivity contribution in [1.82, 2.24) is 14.9 Å². The zero-order chi connectivity index (χ0) is 12.2. The molecule has 0 unspecified atom stereocenters. The number of H-pyrrole nitrogens is 1. The summed E-state index contributed by atoms with van der Waals surface area (Å²) in [6.07, 6.45) is 9.47. The van der Waals surface area contributed by atoms with Crippen LogP contribution in [-0.2, 0) is 16.8 Å². The Morgan fingerprint density at radius 3 is 3.22 bits per heavy atom. The Morgan fingerprint density at radius 2 is 2.28 bits per heavy atom. The normalized spacial score (nSPS) is 34.8. The minimum atomic E-state index is -0.0544. The maximum absolute atomic E-state index is 12.3. The summed E-state index contributed by atoms with van der Waals surface area (Å²) >= 11 is 0. The Balaban J connectivity index is 1.90. The van der Waals surface area contributed by atoms with Crippen LogP contribution < -0.4 is 0 Å². The van der Waals surface area contributed by atoms with Gasteiger partial charge in [-0.2, -0.15) is 0 Å². The number of aromatic nitrogens is 2. The van der Waals surface area contributed by atoms with E-state index in [4.69, 9.17) is 0 Å². The van der Waals surface area contributed by atoms with Crippen LogP contribution in [-0.4, -0.2) is 27.3 Å². The van der Waals surface area contributed by atoms with Crippen molar-refractivity contribution in [2.24, 2.45) is 5.92 Å². The standard InChI is InChI=1S/C14H19N3O/c18-12-5-4-10-3-1-2-7-14(10)13-11(15-9-16-13)6-8-17(12)14/h9-10H,1-8H2,(H,15,16)/t10-,14-/m0/s1. The molecule has 1 aromatic heterocycles. The maximum atomic E-state index is 12.3. The number of fused-ring (bicyclic) bond motifs is 1. The summed E-state index contributed by atoms with van der Waals surface area (Å²) in [7, 11) is 0. The highest BCUT2D eigenvalue weighted by atomic mass is 16.2. The number of carbonyl (C=O) groups excluding carboxylic acids is 1. The van der Waals surface area contributed by atoms with Gasteiger partial charge in [0.25, 0.3) is 0 Å². The van der Waals surface area contributed by atoms with Crippen LogP contribution in [0.15, 0.2) is 6.33 Å². The van der Waals surface area contributed by atoms with Crippen molar-refractivity contribution < 1.29 is 4.79 Å². The van der Waals surface area contributed by atoms with Gasteiger partial charge < -0.3 is 9.88 Å². The van der Waals surface area contributed by atoms with Gasteiger partial charge in [0, 0.05) is 25.1 Å². The molecule has 2 fully saturated rings. The molecule has 1 saturated carbocycles. The second kappa shape index (κ2) is 3.59. The smallest absolute Gasteiger partial charge is 0.223 e. The minimum absolute atomic E-state index is 0.0544. The highest BCUT2D eigenvalue weighted by molar-refractivity contribution is 5.79. The first kappa shape index (κ1) is 10.6. The Labute approximate surface area is 107 Å². The first-order valence-corrected chi connectivity index (χ1v) is 7.15. The third-order valence-electron chi connectivity index (χ3n) is 5.24. The molecule has 3 heterocycles. The van der Waals surface area contributed by atoms with Crippen LogP contribution in [0.2, 0.25) is 0 Å². The van der Waals surface area contributed by atoms with Gasteiger partial charge in [-0.15, -0.1) is 0 Å². The molecule has 2 aliphatic heterocycles. The number of rotatable bonds is 0. The Kier molecular flexibility index (Phi) is 2.11. The van der Waals surface area contributed by atoms with E-state index in [1.54, 1.807) is 0 Å². The molecule has 1 aromatic rings. The fourth-order valence-corrected chi connectivity index (χ4v) is 4.49. The van der Waals surface area contributed by atoms with E-state index in [9.17, 15) is 4.79 Å². The predicted octanol–water partition coefficient (Wildman–Crippen LogP) is 1.97. The van der Waals surface area contributed by atoms with Gasteiger partial charge in [0.1, 0.15) is 0 Å². The van der Waals surface area contributed by atoms with Crippen molar-refractivity contribution in [2.75, 3.05) is 6.54 Å². The van der Waals surface area contributed by atoms with Crippen LogP contribution in [0.3, 0.4) is 0 Å². The molecule has 1 aliphatic carbocycles. The summed E-state index contributed by atoms with van der Waals surface area (Å²) in [6, 6.07) is 0. The van der Waals surface area contributed by atoms with Gasteiger partial charge in [-0.05, 0) is 25.2 Å². The zero-order valence-electron chi connectivity index (χ0n) is 10.6. The van der Waals surface area contributed by atoms with Crippen molar-refractivity contribution in [1.29, 1.82) is 0 Å². The molecular formula is C14H19N3O. The van der Waals surface area contributed by atoms with E-state index < -0.39 is 0 Å². The molecule has 1 amide bonds. The molecule has 1 N–H and O–H groups in total. The van der Waals surface area contributed by atoms with Crippen molar-refractivity contribution in [3.63, 3.8) is 0 Å². The predicted molar refractivity (Wildman–Crippen MR) is 66.9 cm³/mol. The lowest BCUT2D eigenvalue weighted by Gasteiger charge is -2.55. The van der Waals surface area contributed by atoms with Gasteiger partial charge in [-0.1, -0.05) is 12.8 Å². The molecule has 4 rings (SSSR count). The molecular weight excluding hydrogens is 226 g/mol. The molecule has 1 spiro atoms. The topological polar surface area (TPSA) is 49.0 Å². The first-order valence-electron chi connectivity index (χ1n) is 7.15. The second-order valence-electron chi connectivity index (χ2n) is 5.93. The third-order valence-corrected chi connectivity index (χ3v) is 5.24. The van der Waals surface area contributed by atoms with E-state index in [0.29, 0.717) is 11.8 Å². The van der Waals surface area contributed by atoms with E-state index in [1.807, 2.05) is 6.33 Å². The summed E-state index contributed by atoms with van der Waals surface area (Å²) < 4.78 is 0. The monoisotopic (exact) mass is 245 g/mol. The highest BCUT2D eigenvalue weighted by Crippen LogP contribution is 2.52. The molecule has 1 saturated heterocycles. The summed E-state index contributed by atoms with van der Waals surface area (Å²) in [6.45, 7) is 0.879. The van der Waals surface area contributed by atoms with Crippen LogP contribution in [0, 0.1) is 5.92 Å². The van der Waals surface area contributed by atoms with E-state index >= 15 is 0 Å². The van der Waals surface area contributed by atoms with Crippen LogP contribution in [0.4, 0.5) is 0 Å². The van der Waals surface area contributed by atoms with Gasteiger partial charge in [0.2, 0.25) is 5.91 Å². The SMILES string of the molecule is O=C1CC[C@@H]2CCCC[C@@]23c2nc[nH]c2CCN13. The number of nitrogens with zero attached hydrogens (tertiary/aromatic N) is 2. The molecule has 3 aliphatic rings. The molecule has 0 bridgehead atoms. The average Bonchev–Trinajstić information content (AvgIpc) is 2.87. The molecule has 18 heavy (non-hydrogen) atoms. The van der Waals surface area contributed by atoms with Gasteiger partial charge in [-0.3, -0.25) is 4.79 Å². The van der Waals surface area contributed by atoms with Crippen LogP contribution >= 0.6 is 0 Å². The van der Waals surface area contributed by atoms with Gasteiger partial charge in [-0.25, -0.2) is 4.98 Å². The first-order chi connectivity index (χ1) is 8.82. The lowest BCUT2D eigenvalue weighted by atomic mass is 9.64. The average molecular weight is 245 g/mol. The molecule has 2 atom stereocenters. The number of hydrogen-bond donors (Lipinski definition) is 1. The largest absolute Gasteiger partial charge is 0.348 e. The van der Waals surface area contributed by atoms with Crippen LogP contribution in [0.1, 0.15) is 49.9 Å². The Hall–Kier alpha value is -1.32. The molecule has 4 heteroatoms. The van der Waals surface area contributed by atoms with Crippen LogP contribution in [0.25, 0.3) is 0 Å². The van der Waals surface area contributed by atoms with Gasteiger partial charge in [0.15, 0.2) is 0 Å². The van der Waals surface area contributed by atoms with Crippen molar-refractivity contribution in [2.45, 2.75) is 50.5 Å². The highest BCUT2D eigenvalue weighted by Gasteiger charge is 2.54. The van der Waals surface area contributed by atoms with Crippen LogP contribution in [0.5, 0.6) is 0 Å². The quantitative estimate of drug-likeness (QED) is 0.759. The number of carbonyl (C=O) groups is 1. The van der Waals surface area contributed by atoms with Gasteiger partial charge in [0.05, 0.1) is 17.6 Å². The van der Waals surface area contributed by atoms with E-state index in [2.05, 4.69) is 14.9 Å². The Bertz CT molecular complexity index is 495. The van der Waals surface area contributed by atoms with E-state index in [1.165, 1.54) is 30.7 Å². The van der Waals surface area contributed by atoms with E-state index in [-0.39, 0.29) is 5.54 Å². The lowest BCUT2D eigenvalue weighted by molar-refractivity contribution is -0.152.